The summed E-state index contributed by atoms with van der Waals surface area (Å²) in [6.45, 7) is 0. The van der Waals surface area contributed by atoms with Crippen molar-refractivity contribution in [3.63, 3.8) is 0 Å². The summed E-state index contributed by atoms with van der Waals surface area (Å²) in [5.41, 5.74) is 8.97. The predicted octanol–water partition coefficient (Wildman–Crippen LogP) is 3.45. The second kappa shape index (κ2) is 7.24. The van der Waals surface area contributed by atoms with Crippen LogP contribution in [0.5, 0.6) is 0 Å². The van der Waals surface area contributed by atoms with Crippen LogP contribution < -0.4 is 5.73 Å². The lowest BCUT2D eigenvalue weighted by Gasteiger charge is -2.05. The normalized spacial score (nSPS) is 10.3. The van der Waals surface area contributed by atoms with Crippen LogP contribution in [0.15, 0.2) is 48.5 Å². The minimum Gasteiger partial charge on any atom is -0.478 e. The molecule has 0 amide bonds. The molecule has 2 aromatic rings. The van der Waals surface area contributed by atoms with Gasteiger partial charge in [0.1, 0.15) is 4.99 Å². The average Bonchev–Trinajstić information content (AvgIpc) is 2.48. The van der Waals surface area contributed by atoms with Crippen LogP contribution in [0.1, 0.15) is 27.0 Å². The number of rotatable bonds is 6. The Morgan fingerprint density at radius 1 is 1.05 bits per heavy atom. The molecule has 2 aromatic carbocycles. The highest BCUT2D eigenvalue weighted by Gasteiger charge is 2.04. The number of thioether (sulfide) groups is 1. The number of hydrogen-bond acceptors (Lipinski definition) is 3. The van der Waals surface area contributed by atoms with E-state index in [4.69, 9.17) is 23.1 Å². The van der Waals surface area contributed by atoms with E-state index in [0.29, 0.717) is 10.6 Å². The van der Waals surface area contributed by atoms with Crippen LogP contribution in [-0.2, 0) is 11.5 Å². The van der Waals surface area contributed by atoms with Crippen molar-refractivity contribution in [2.45, 2.75) is 11.5 Å². The zero-order valence-electron chi connectivity index (χ0n) is 11.3. The van der Waals surface area contributed by atoms with Gasteiger partial charge in [0.25, 0.3) is 0 Å². The van der Waals surface area contributed by atoms with E-state index in [1.807, 2.05) is 30.3 Å². The molecule has 0 aliphatic carbocycles. The predicted molar refractivity (Wildman–Crippen MR) is 90.7 cm³/mol. The molecule has 2 rings (SSSR count). The Morgan fingerprint density at radius 2 is 1.57 bits per heavy atom. The van der Waals surface area contributed by atoms with Crippen molar-refractivity contribution in [2.24, 2.45) is 5.73 Å². The summed E-state index contributed by atoms with van der Waals surface area (Å²) in [5.74, 6) is 0.692. The molecule has 0 heterocycles. The third-order valence-electron chi connectivity index (χ3n) is 2.92. The summed E-state index contributed by atoms with van der Waals surface area (Å²) in [4.78, 5) is 11.3. The Labute approximate surface area is 133 Å². The first kappa shape index (κ1) is 15.5. The average molecular weight is 317 g/mol. The van der Waals surface area contributed by atoms with Gasteiger partial charge < -0.3 is 10.8 Å². The molecule has 3 N–H and O–H groups in total. The minimum atomic E-state index is -0.897. The van der Waals surface area contributed by atoms with Gasteiger partial charge >= 0.3 is 5.97 Å². The maximum atomic E-state index is 10.9. The fourth-order valence-corrected chi connectivity index (χ4v) is 2.95. The Hall–Kier alpha value is -1.85. The van der Waals surface area contributed by atoms with Gasteiger partial charge in [0.05, 0.1) is 5.56 Å². The van der Waals surface area contributed by atoms with Crippen molar-refractivity contribution in [1.29, 1.82) is 0 Å². The third kappa shape index (κ3) is 4.58. The smallest absolute Gasteiger partial charge is 0.335 e. The Kier molecular flexibility index (Phi) is 5.36. The van der Waals surface area contributed by atoms with E-state index < -0.39 is 5.97 Å². The maximum absolute atomic E-state index is 10.9. The number of aromatic carboxylic acids is 1. The fraction of sp³-hybridized carbons (Fsp3) is 0.125. The second-order valence-electron chi connectivity index (χ2n) is 4.56. The number of carboxylic acid groups (broad SMARTS) is 1. The Bertz CT molecular complexity index is 613. The SMILES string of the molecule is NC(=S)c1cccc(CSCc2cccc(C(=O)O)c2)c1. The first-order valence-electron chi connectivity index (χ1n) is 6.35. The van der Waals surface area contributed by atoms with E-state index in [-0.39, 0.29) is 0 Å². The van der Waals surface area contributed by atoms with Gasteiger partial charge in [0.2, 0.25) is 0 Å². The molecule has 0 spiro atoms. The van der Waals surface area contributed by atoms with Crippen molar-refractivity contribution >= 4 is 34.9 Å². The standard InChI is InChI=1S/C16H15NO2S2/c17-15(20)13-5-1-3-11(7-13)9-21-10-12-4-2-6-14(8-12)16(18)19/h1-8H,9-10H2,(H2,17,20)(H,18,19). The highest BCUT2D eigenvalue weighted by Crippen LogP contribution is 2.19. The fourth-order valence-electron chi connectivity index (χ4n) is 1.90. The van der Waals surface area contributed by atoms with Gasteiger partial charge in [-0.2, -0.15) is 11.8 Å². The van der Waals surface area contributed by atoms with Crippen LogP contribution in [0.2, 0.25) is 0 Å². The summed E-state index contributed by atoms with van der Waals surface area (Å²) >= 11 is 6.69. The van der Waals surface area contributed by atoms with Crippen molar-refractivity contribution < 1.29 is 9.90 Å². The van der Waals surface area contributed by atoms with Gasteiger partial charge in [-0.3, -0.25) is 0 Å². The first-order chi connectivity index (χ1) is 10.1. The van der Waals surface area contributed by atoms with Crippen LogP contribution in [0.3, 0.4) is 0 Å². The number of carboxylic acids is 1. The maximum Gasteiger partial charge on any atom is 0.335 e. The molecule has 0 saturated heterocycles. The van der Waals surface area contributed by atoms with E-state index in [2.05, 4.69) is 0 Å². The topological polar surface area (TPSA) is 63.3 Å². The summed E-state index contributed by atoms with van der Waals surface area (Å²) in [6.07, 6.45) is 0. The second-order valence-corrected chi connectivity index (χ2v) is 5.99. The van der Waals surface area contributed by atoms with E-state index in [9.17, 15) is 4.79 Å². The molecule has 0 aromatic heterocycles. The van der Waals surface area contributed by atoms with Gasteiger partial charge in [-0.15, -0.1) is 0 Å². The van der Waals surface area contributed by atoms with E-state index in [1.165, 1.54) is 0 Å². The molecule has 0 atom stereocenters. The molecular formula is C16H15NO2S2. The number of nitrogens with two attached hydrogens (primary N) is 1. The van der Waals surface area contributed by atoms with Gasteiger partial charge in [-0.05, 0) is 29.3 Å². The molecule has 0 aliphatic heterocycles. The van der Waals surface area contributed by atoms with E-state index in [1.54, 1.807) is 30.0 Å². The van der Waals surface area contributed by atoms with Crippen LogP contribution in [-0.4, -0.2) is 16.1 Å². The summed E-state index contributed by atoms with van der Waals surface area (Å²) in [7, 11) is 0. The van der Waals surface area contributed by atoms with Gasteiger partial charge in [0, 0.05) is 17.1 Å². The van der Waals surface area contributed by atoms with Crippen LogP contribution in [0.25, 0.3) is 0 Å². The van der Waals surface area contributed by atoms with Gasteiger partial charge in [-0.1, -0.05) is 42.5 Å². The molecule has 0 fully saturated rings. The molecule has 3 nitrogen and oxygen atoms in total. The molecule has 0 aliphatic rings. The lowest BCUT2D eigenvalue weighted by molar-refractivity contribution is 0.0697. The highest BCUT2D eigenvalue weighted by atomic mass is 32.2. The zero-order chi connectivity index (χ0) is 15.2. The van der Waals surface area contributed by atoms with Crippen LogP contribution >= 0.6 is 24.0 Å². The zero-order valence-corrected chi connectivity index (χ0v) is 12.9. The number of thiocarbonyl (C=S) groups is 1. The molecule has 108 valence electrons. The summed E-state index contributed by atoms with van der Waals surface area (Å²) < 4.78 is 0. The molecule has 5 heteroatoms. The van der Waals surface area contributed by atoms with Crippen LogP contribution in [0.4, 0.5) is 0 Å². The number of carbonyl (C=O) groups is 1. The monoisotopic (exact) mass is 317 g/mol. The summed E-state index contributed by atoms with van der Waals surface area (Å²) in [6, 6.07) is 14.9. The van der Waals surface area contributed by atoms with Gasteiger partial charge in [0.15, 0.2) is 0 Å². The molecule has 0 radical (unpaired) electrons. The third-order valence-corrected chi connectivity index (χ3v) is 4.23. The molecule has 0 bridgehead atoms. The quantitative estimate of drug-likeness (QED) is 0.799. The molecule has 21 heavy (non-hydrogen) atoms. The minimum absolute atomic E-state index is 0.323. The number of hydrogen-bond donors (Lipinski definition) is 2. The largest absolute Gasteiger partial charge is 0.478 e. The van der Waals surface area contributed by atoms with Crippen molar-refractivity contribution in [2.75, 3.05) is 0 Å². The Balaban J connectivity index is 1.95. The molecule has 0 unspecified atom stereocenters. The number of benzene rings is 2. The lowest BCUT2D eigenvalue weighted by atomic mass is 10.1. The first-order valence-corrected chi connectivity index (χ1v) is 7.91. The van der Waals surface area contributed by atoms with Crippen molar-refractivity contribution in [3.8, 4) is 0 Å². The Morgan fingerprint density at radius 3 is 2.10 bits per heavy atom. The summed E-state index contributed by atoms with van der Waals surface area (Å²) in [5, 5.41) is 8.96. The molecular weight excluding hydrogens is 302 g/mol. The highest BCUT2D eigenvalue weighted by molar-refractivity contribution is 7.97. The van der Waals surface area contributed by atoms with Crippen molar-refractivity contribution in [1.82, 2.24) is 0 Å². The van der Waals surface area contributed by atoms with Crippen LogP contribution in [0, 0.1) is 0 Å². The van der Waals surface area contributed by atoms with E-state index >= 15 is 0 Å². The van der Waals surface area contributed by atoms with E-state index in [0.717, 1.165) is 28.2 Å². The molecule has 0 saturated carbocycles. The lowest BCUT2D eigenvalue weighted by Crippen LogP contribution is -2.09. The van der Waals surface area contributed by atoms with Crippen molar-refractivity contribution in [3.05, 3.63) is 70.8 Å². The van der Waals surface area contributed by atoms with Gasteiger partial charge in [-0.25, -0.2) is 4.79 Å².